The summed E-state index contributed by atoms with van der Waals surface area (Å²) in [6, 6.07) is 0. The zero-order chi connectivity index (χ0) is 22.1. The number of hydrogen-bond acceptors (Lipinski definition) is 3. The summed E-state index contributed by atoms with van der Waals surface area (Å²) in [4.78, 5) is 0. The first-order chi connectivity index (χ1) is 13.4. The van der Waals surface area contributed by atoms with E-state index in [1.807, 2.05) is 13.8 Å². The third kappa shape index (κ3) is 8.81. The summed E-state index contributed by atoms with van der Waals surface area (Å²) < 4.78 is 89.4. The van der Waals surface area contributed by atoms with E-state index in [2.05, 4.69) is 0 Å². The number of allylic oxidation sites excluding steroid dienone is 4. The summed E-state index contributed by atoms with van der Waals surface area (Å²) in [7, 11) is -5.18. The first-order valence-corrected chi connectivity index (χ1v) is 11.7. The fourth-order valence-electron chi connectivity index (χ4n) is 3.11. The molecule has 1 aliphatic rings. The predicted molar refractivity (Wildman–Crippen MR) is 101 cm³/mol. The predicted octanol–water partition coefficient (Wildman–Crippen LogP) is 5.66. The van der Waals surface area contributed by atoms with Gasteiger partial charge < -0.3 is 14.6 Å². The lowest BCUT2D eigenvalue weighted by Crippen LogP contribution is -2.49. The number of unbranched alkanes of at least 4 members (excludes halogenated alkanes) is 2. The lowest BCUT2D eigenvalue weighted by Gasteiger charge is -2.28. The van der Waals surface area contributed by atoms with Crippen molar-refractivity contribution < 1.29 is 40.9 Å². The van der Waals surface area contributed by atoms with Crippen LogP contribution in [0.5, 0.6) is 0 Å². The summed E-state index contributed by atoms with van der Waals surface area (Å²) in [5.74, 6) is -12.4. The normalized spacial score (nSPS) is 15.8. The van der Waals surface area contributed by atoms with E-state index in [-0.39, 0.29) is 44.5 Å². The smallest absolute Gasteiger partial charge is 0.343 e. The number of hydrogen-bond donors (Lipinski definition) is 1. The van der Waals surface area contributed by atoms with Gasteiger partial charge in [0.15, 0.2) is 0 Å². The molecule has 0 fully saturated rings. The highest BCUT2D eigenvalue weighted by Crippen LogP contribution is 2.40. The molecule has 0 heterocycles. The van der Waals surface area contributed by atoms with E-state index in [1.165, 1.54) is 6.08 Å². The van der Waals surface area contributed by atoms with Gasteiger partial charge in [-0.3, -0.25) is 0 Å². The number of alkyl halides is 6. The Morgan fingerprint density at radius 2 is 1.45 bits per heavy atom. The van der Waals surface area contributed by atoms with Crippen molar-refractivity contribution in [2.24, 2.45) is 0 Å². The summed E-state index contributed by atoms with van der Waals surface area (Å²) in [5.41, 5.74) is 0.140. The van der Waals surface area contributed by atoms with Crippen molar-refractivity contribution in [1.29, 1.82) is 0 Å². The Morgan fingerprint density at radius 3 is 1.90 bits per heavy atom. The highest BCUT2D eigenvalue weighted by molar-refractivity contribution is 6.71. The maximum absolute atomic E-state index is 13.1. The monoisotopic (exact) mass is 448 g/mol. The molecule has 0 aromatic rings. The van der Waals surface area contributed by atoms with Crippen molar-refractivity contribution in [2.75, 3.05) is 13.2 Å². The summed E-state index contributed by atoms with van der Waals surface area (Å²) >= 11 is 0. The Bertz CT molecular complexity index is 533. The van der Waals surface area contributed by atoms with Gasteiger partial charge in [-0.2, -0.15) is 26.3 Å². The van der Waals surface area contributed by atoms with Gasteiger partial charge in [0.2, 0.25) is 0 Å². The average Bonchev–Trinajstić information content (AvgIpc) is 3.00. The maximum atomic E-state index is 13.1. The number of rotatable bonds is 13. The van der Waals surface area contributed by atoms with Gasteiger partial charge in [0.1, 0.15) is 0 Å². The Balaban J connectivity index is 2.82. The lowest BCUT2D eigenvalue weighted by atomic mass is 10.1. The third-order valence-corrected chi connectivity index (χ3v) is 7.19. The van der Waals surface area contributed by atoms with E-state index >= 15 is 0 Å². The molecule has 29 heavy (non-hydrogen) atoms. The van der Waals surface area contributed by atoms with Gasteiger partial charge in [0.05, 0.1) is 13.2 Å². The van der Waals surface area contributed by atoms with Crippen LogP contribution >= 0.6 is 0 Å². The van der Waals surface area contributed by atoms with Crippen molar-refractivity contribution in [1.82, 2.24) is 0 Å². The van der Waals surface area contributed by atoms with Crippen molar-refractivity contribution in [2.45, 2.75) is 82.8 Å². The van der Waals surface area contributed by atoms with Crippen LogP contribution in [0.15, 0.2) is 22.9 Å². The zero-order valence-electron chi connectivity index (χ0n) is 16.8. The van der Waals surface area contributed by atoms with Crippen LogP contribution in [-0.4, -0.2) is 44.7 Å². The Kier molecular flexibility index (Phi) is 10.4. The quantitative estimate of drug-likeness (QED) is 0.171. The van der Waals surface area contributed by atoms with Gasteiger partial charge in [-0.15, -0.1) is 0 Å². The molecule has 10 heteroatoms. The van der Waals surface area contributed by atoms with Gasteiger partial charge in [-0.1, -0.05) is 44.4 Å². The topological polar surface area (TPSA) is 38.7 Å². The molecule has 1 aliphatic carbocycles. The fourth-order valence-corrected chi connectivity index (χ4v) is 5.19. The first kappa shape index (κ1) is 26.2. The highest BCUT2D eigenvalue weighted by atomic mass is 28.3. The molecule has 0 radical (unpaired) electrons. The molecule has 1 rings (SSSR count). The number of aliphatic hydroxyl groups is 1. The largest absolute Gasteiger partial charge is 0.373 e. The SMILES string of the molecule is CCCCOC(O)(CCCC1=C([SiH](C(F)(F)F)C(F)(F)F)C=CC1)OCCCC. The van der Waals surface area contributed by atoms with Crippen molar-refractivity contribution in [3.63, 3.8) is 0 Å². The van der Waals surface area contributed by atoms with E-state index in [0.29, 0.717) is 12.8 Å². The molecule has 0 aromatic heterocycles. The van der Waals surface area contributed by atoms with Crippen LogP contribution < -0.4 is 0 Å². The van der Waals surface area contributed by atoms with E-state index in [4.69, 9.17) is 9.47 Å². The third-order valence-electron chi connectivity index (χ3n) is 4.66. The second kappa shape index (κ2) is 11.5. The molecule has 0 amide bonds. The highest BCUT2D eigenvalue weighted by Gasteiger charge is 2.60. The molecule has 0 unspecified atom stereocenters. The lowest BCUT2D eigenvalue weighted by molar-refractivity contribution is -0.363. The second-order valence-electron chi connectivity index (χ2n) is 7.15. The van der Waals surface area contributed by atoms with Crippen molar-refractivity contribution >= 4 is 8.80 Å². The van der Waals surface area contributed by atoms with Crippen LogP contribution in [0.25, 0.3) is 0 Å². The van der Waals surface area contributed by atoms with Crippen LogP contribution in [0.1, 0.15) is 65.2 Å². The van der Waals surface area contributed by atoms with Crippen LogP contribution in [0.2, 0.25) is 0 Å². The maximum Gasteiger partial charge on any atom is 0.373 e. The molecule has 0 saturated heterocycles. The minimum absolute atomic E-state index is 0.0224. The molecule has 0 spiro atoms. The minimum atomic E-state index is -5.28. The van der Waals surface area contributed by atoms with Crippen LogP contribution in [0.3, 0.4) is 0 Å². The molecular formula is C19H30F6O3Si. The van der Waals surface area contributed by atoms with E-state index in [0.717, 1.165) is 18.9 Å². The average molecular weight is 449 g/mol. The van der Waals surface area contributed by atoms with Crippen molar-refractivity contribution in [3.05, 3.63) is 22.9 Å². The van der Waals surface area contributed by atoms with Crippen molar-refractivity contribution in [3.8, 4) is 0 Å². The van der Waals surface area contributed by atoms with Crippen LogP contribution in [-0.2, 0) is 9.47 Å². The summed E-state index contributed by atoms with van der Waals surface area (Å²) in [6.45, 7) is 4.41. The van der Waals surface area contributed by atoms with E-state index < -0.39 is 31.6 Å². The first-order valence-electron chi connectivity index (χ1n) is 9.96. The van der Waals surface area contributed by atoms with Gasteiger partial charge in [-0.25, -0.2) is 0 Å². The van der Waals surface area contributed by atoms with Gasteiger partial charge in [0, 0.05) is 6.42 Å². The fraction of sp³-hybridized carbons (Fsp3) is 0.789. The molecule has 3 nitrogen and oxygen atoms in total. The zero-order valence-corrected chi connectivity index (χ0v) is 18.0. The van der Waals surface area contributed by atoms with Crippen LogP contribution in [0.4, 0.5) is 26.3 Å². The molecule has 0 aliphatic heterocycles. The minimum Gasteiger partial charge on any atom is -0.343 e. The Labute approximate surface area is 169 Å². The van der Waals surface area contributed by atoms with Crippen LogP contribution in [0, 0.1) is 0 Å². The Morgan fingerprint density at radius 1 is 0.931 bits per heavy atom. The Hall–Kier alpha value is -0.843. The summed E-state index contributed by atoms with van der Waals surface area (Å²) in [6.07, 6.45) is 5.60. The van der Waals surface area contributed by atoms with E-state index in [1.54, 1.807) is 0 Å². The van der Waals surface area contributed by atoms with Gasteiger partial charge in [0.25, 0.3) is 5.97 Å². The van der Waals surface area contributed by atoms with Gasteiger partial charge in [-0.05, 0) is 37.3 Å². The molecule has 170 valence electrons. The molecule has 0 atom stereocenters. The number of halogens is 6. The number of ether oxygens (including phenoxy) is 2. The summed E-state index contributed by atoms with van der Waals surface area (Å²) in [5, 5.41) is 9.94. The van der Waals surface area contributed by atoms with E-state index in [9.17, 15) is 31.4 Å². The molecule has 0 bridgehead atoms. The standard InChI is InChI=1S/C19H30F6O3Si/c1-3-5-13-27-17(26,28-14-6-4-2)12-8-10-15-9-7-11-16(15)29(18(20,21)22)19(23,24)25/h7,11,26,29H,3-6,8-10,12-14H2,1-2H3. The molecular weight excluding hydrogens is 418 g/mol. The van der Waals surface area contributed by atoms with Gasteiger partial charge >= 0.3 is 20.4 Å². The molecule has 0 aromatic carbocycles. The molecule has 1 N–H and O–H groups in total. The molecule has 0 saturated carbocycles. The second-order valence-corrected chi connectivity index (χ2v) is 9.95.